The lowest BCUT2D eigenvalue weighted by Crippen LogP contribution is -2.40. The summed E-state index contributed by atoms with van der Waals surface area (Å²) < 4.78 is 1.94. The average molecular weight is 492 g/mol. The Morgan fingerprint density at radius 3 is 2.59 bits per heavy atom. The number of anilines is 2. The van der Waals surface area contributed by atoms with E-state index in [4.69, 9.17) is 20.8 Å². The van der Waals surface area contributed by atoms with Crippen molar-refractivity contribution in [3.63, 3.8) is 0 Å². The molecule has 0 bridgehead atoms. The van der Waals surface area contributed by atoms with E-state index in [9.17, 15) is 0 Å². The fourth-order valence-corrected chi connectivity index (χ4v) is 5.12. The molecule has 3 aromatic heterocycles. The molecule has 1 aliphatic rings. The van der Waals surface area contributed by atoms with E-state index in [1.54, 1.807) is 0 Å². The molecule has 1 saturated heterocycles. The van der Waals surface area contributed by atoms with Gasteiger partial charge in [0.1, 0.15) is 11.6 Å². The molecule has 0 aliphatic carbocycles. The number of aromatic nitrogens is 4. The van der Waals surface area contributed by atoms with Crippen LogP contribution in [-0.2, 0) is 6.54 Å². The maximum atomic E-state index is 6.17. The van der Waals surface area contributed by atoms with Crippen molar-refractivity contribution in [2.75, 3.05) is 23.3 Å². The van der Waals surface area contributed by atoms with Gasteiger partial charge < -0.3 is 16.0 Å². The monoisotopic (exact) mass is 491 g/mol. The molecule has 0 unspecified atom stereocenters. The summed E-state index contributed by atoms with van der Waals surface area (Å²) in [5.74, 6) is 2.25. The third-order valence-corrected chi connectivity index (χ3v) is 7.32. The van der Waals surface area contributed by atoms with E-state index < -0.39 is 0 Å². The zero-order valence-electron chi connectivity index (χ0n) is 21.4. The van der Waals surface area contributed by atoms with Crippen LogP contribution in [0.15, 0.2) is 72.9 Å². The summed E-state index contributed by atoms with van der Waals surface area (Å²) in [6, 6.07) is 23.3. The lowest BCUT2D eigenvalue weighted by molar-refractivity contribution is 0.498. The highest BCUT2D eigenvalue weighted by molar-refractivity contribution is 5.82. The van der Waals surface area contributed by atoms with Crippen molar-refractivity contribution in [1.82, 2.24) is 19.6 Å². The molecule has 188 valence electrons. The highest BCUT2D eigenvalue weighted by atomic mass is 15.3. The molecule has 7 heteroatoms. The topological polar surface area (TPSA) is 84.4 Å². The van der Waals surface area contributed by atoms with E-state index in [1.165, 1.54) is 5.56 Å². The van der Waals surface area contributed by atoms with Gasteiger partial charge in [0.2, 0.25) is 0 Å². The Bertz CT molecular complexity index is 1550. The van der Waals surface area contributed by atoms with Crippen LogP contribution in [0.2, 0.25) is 0 Å². The number of rotatable bonds is 6. The van der Waals surface area contributed by atoms with Crippen molar-refractivity contribution >= 4 is 28.2 Å². The number of pyridine rings is 1. The SMILES string of the molecule is CC(C)c1cnn2c(NCc3ccccc3-c3ccc4ccccc4n3)cc(N3CCC(N)CC3)nc12. The second kappa shape index (κ2) is 9.82. The van der Waals surface area contributed by atoms with Crippen LogP contribution in [0.25, 0.3) is 27.8 Å². The van der Waals surface area contributed by atoms with Crippen LogP contribution >= 0.6 is 0 Å². The molecule has 0 saturated carbocycles. The van der Waals surface area contributed by atoms with Gasteiger partial charge in [-0.25, -0.2) is 9.97 Å². The smallest absolute Gasteiger partial charge is 0.163 e. The third-order valence-electron chi connectivity index (χ3n) is 7.32. The summed E-state index contributed by atoms with van der Waals surface area (Å²) in [6.07, 6.45) is 3.91. The molecule has 37 heavy (non-hydrogen) atoms. The first kappa shape index (κ1) is 23.4. The number of nitrogens with two attached hydrogens (primary N) is 1. The lowest BCUT2D eigenvalue weighted by Gasteiger charge is -2.31. The maximum Gasteiger partial charge on any atom is 0.163 e. The minimum Gasteiger partial charge on any atom is -0.366 e. The molecular formula is C30H33N7. The number of nitrogens with one attached hydrogen (secondary N) is 1. The summed E-state index contributed by atoms with van der Waals surface area (Å²) >= 11 is 0. The van der Waals surface area contributed by atoms with Crippen molar-refractivity contribution in [1.29, 1.82) is 0 Å². The van der Waals surface area contributed by atoms with E-state index in [1.807, 2.05) is 22.8 Å². The minimum absolute atomic E-state index is 0.277. The van der Waals surface area contributed by atoms with Crippen LogP contribution in [0.5, 0.6) is 0 Å². The third kappa shape index (κ3) is 4.62. The second-order valence-electron chi connectivity index (χ2n) is 10.2. The molecule has 0 radical (unpaired) electrons. The van der Waals surface area contributed by atoms with Gasteiger partial charge in [0.25, 0.3) is 0 Å². The van der Waals surface area contributed by atoms with Crippen molar-refractivity contribution in [2.45, 2.75) is 45.2 Å². The van der Waals surface area contributed by atoms with Gasteiger partial charge in [0.15, 0.2) is 5.65 Å². The Balaban J connectivity index is 1.35. The fourth-order valence-electron chi connectivity index (χ4n) is 5.12. The van der Waals surface area contributed by atoms with E-state index in [0.29, 0.717) is 12.5 Å². The molecule has 2 aromatic carbocycles. The van der Waals surface area contributed by atoms with Crippen LogP contribution in [0.1, 0.15) is 43.7 Å². The number of para-hydroxylation sites is 1. The molecular weight excluding hydrogens is 458 g/mol. The Hall–Kier alpha value is -3.97. The average Bonchev–Trinajstić information content (AvgIpc) is 3.37. The van der Waals surface area contributed by atoms with Crippen molar-refractivity contribution in [3.05, 3.63) is 84.1 Å². The summed E-state index contributed by atoms with van der Waals surface area (Å²) in [5, 5.41) is 9.52. The highest BCUT2D eigenvalue weighted by Gasteiger charge is 2.21. The van der Waals surface area contributed by atoms with Gasteiger partial charge in [0, 0.05) is 48.3 Å². The quantitative estimate of drug-likeness (QED) is 0.321. The minimum atomic E-state index is 0.277. The number of hydrogen-bond donors (Lipinski definition) is 2. The molecule has 0 atom stereocenters. The van der Waals surface area contributed by atoms with Crippen LogP contribution < -0.4 is 16.0 Å². The first-order valence-corrected chi connectivity index (χ1v) is 13.1. The number of fused-ring (bicyclic) bond motifs is 2. The molecule has 3 N–H and O–H groups in total. The van der Waals surface area contributed by atoms with Gasteiger partial charge >= 0.3 is 0 Å². The molecule has 4 heterocycles. The van der Waals surface area contributed by atoms with Gasteiger partial charge in [-0.2, -0.15) is 9.61 Å². The lowest BCUT2D eigenvalue weighted by atomic mass is 10.0. The Kier molecular flexibility index (Phi) is 6.22. The fraction of sp³-hybridized carbons (Fsp3) is 0.300. The predicted molar refractivity (Wildman–Crippen MR) is 151 cm³/mol. The van der Waals surface area contributed by atoms with Crippen molar-refractivity contribution < 1.29 is 0 Å². The van der Waals surface area contributed by atoms with E-state index in [-0.39, 0.29) is 6.04 Å². The Labute approximate surface area is 217 Å². The zero-order valence-corrected chi connectivity index (χ0v) is 21.4. The van der Waals surface area contributed by atoms with Crippen LogP contribution in [0.4, 0.5) is 11.6 Å². The second-order valence-corrected chi connectivity index (χ2v) is 10.2. The normalized spacial score (nSPS) is 14.6. The van der Waals surface area contributed by atoms with Gasteiger partial charge in [-0.1, -0.05) is 62.4 Å². The number of piperidine rings is 1. The molecule has 1 fully saturated rings. The largest absolute Gasteiger partial charge is 0.366 e. The molecule has 7 nitrogen and oxygen atoms in total. The van der Waals surface area contributed by atoms with Crippen LogP contribution in [-0.4, -0.2) is 38.7 Å². The molecule has 1 aliphatic heterocycles. The van der Waals surface area contributed by atoms with Gasteiger partial charge in [-0.15, -0.1) is 0 Å². The summed E-state index contributed by atoms with van der Waals surface area (Å²) in [7, 11) is 0. The zero-order chi connectivity index (χ0) is 25.4. The standard InChI is InChI=1S/C30H33N7/c1-20(2)25-19-33-37-28(17-29(35-30(25)37)36-15-13-23(31)14-16-36)32-18-22-8-3-5-9-24(22)27-12-11-21-7-4-6-10-26(21)34-27/h3-12,17,19-20,23,32H,13-16,18,31H2,1-2H3. The summed E-state index contributed by atoms with van der Waals surface area (Å²) in [5.41, 5.74) is 12.5. The van der Waals surface area contributed by atoms with Crippen LogP contribution in [0.3, 0.4) is 0 Å². The van der Waals surface area contributed by atoms with Crippen molar-refractivity contribution in [2.24, 2.45) is 5.73 Å². The number of hydrogen-bond acceptors (Lipinski definition) is 6. The highest BCUT2D eigenvalue weighted by Crippen LogP contribution is 2.29. The van der Waals surface area contributed by atoms with Crippen molar-refractivity contribution in [3.8, 4) is 11.3 Å². The predicted octanol–water partition coefficient (Wildman–Crippen LogP) is 5.61. The number of benzene rings is 2. The Morgan fingerprint density at radius 2 is 1.76 bits per heavy atom. The Morgan fingerprint density at radius 1 is 0.973 bits per heavy atom. The van der Waals surface area contributed by atoms with Gasteiger partial charge in [-0.05, 0) is 36.5 Å². The van der Waals surface area contributed by atoms with E-state index in [2.05, 4.69) is 78.7 Å². The maximum absolute atomic E-state index is 6.17. The molecule has 6 rings (SSSR count). The first-order chi connectivity index (χ1) is 18.1. The first-order valence-electron chi connectivity index (χ1n) is 13.1. The number of nitrogens with zero attached hydrogens (tertiary/aromatic N) is 5. The van der Waals surface area contributed by atoms with Gasteiger partial charge in [-0.3, -0.25) is 0 Å². The summed E-state index contributed by atoms with van der Waals surface area (Å²) in [4.78, 5) is 12.3. The summed E-state index contributed by atoms with van der Waals surface area (Å²) in [6.45, 7) is 6.86. The van der Waals surface area contributed by atoms with Crippen LogP contribution in [0, 0.1) is 0 Å². The van der Waals surface area contributed by atoms with E-state index >= 15 is 0 Å². The molecule has 0 amide bonds. The molecule has 0 spiro atoms. The van der Waals surface area contributed by atoms with E-state index in [0.717, 1.165) is 70.9 Å². The molecule has 5 aromatic rings. The van der Waals surface area contributed by atoms with Gasteiger partial charge in [0.05, 0.1) is 17.4 Å².